The molecule has 4 nitrogen and oxygen atoms in total. The maximum absolute atomic E-state index is 12.6. The SMILES string of the molecule is CCC(C)CN(CC)C(=O)c1cc(C)ccc1S(=O)(=O)Cl. The molecule has 0 aliphatic rings. The van der Waals surface area contributed by atoms with Crippen molar-refractivity contribution in [3.63, 3.8) is 0 Å². The second kappa shape index (κ2) is 7.27. The molecular formula is C15H22ClNO3S. The molecule has 1 aromatic rings. The molecule has 1 atom stereocenters. The number of rotatable bonds is 6. The minimum atomic E-state index is -3.95. The number of amides is 1. The van der Waals surface area contributed by atoms with Gasteiger partial charge in [-0.05, 0) is 31.9 Å². The highest BCUT2D eigenvalue weighted by Gasteiger charge is 2.24. The Hall–Kier alpha value is -1.07. The van der Waals surface area contributed by atoms with Crippen LogP contribution < -0.4 is 0 Å². The van der Waals surface area contributed by atoms with Crippen LogP contribution in [0.3, 0.4) is 0 Å². The quantitative estimate of drug-likeness (QED) is 0.750. The number of carbonyl (C=O) groups excluding carboxylic acids is 1. The minimum Gasteiger partial charge on any atom is -0.339 e. The second-order valence-electron chi connectivity index (χ2n) is 5.29. The highest BCUT2D eigenvalue weighted by Crippen LogP contribution is 2.23. The summed E-state index contributed by atoms with van der Waals surface area (Å²) in [6, 6.07) is 4.61. The summed E-state index contributed by atoms with van der Waals surface area (Å²) in [5.74, 6) is 0.0653. The van der Waals surface area contributed by atoms with Crippen molar-refractivity contribution in [1.82, 2.24) is 4.90 Å². The van der Waals surface area contributed by atoms with Gasteiger partial charge in [0.2, 0.25) is 0 Å². The normalized spacial score (nSPS) is 13.0. The third-order valence-electron chi connectivity index (χ3n) is 3.53. The van der Waals surface area contributed by atoms with E-state index in [2.05, 4.69) is 13.8 Å². The van der Waals surface area contributed by atoms with Gasteiger partial charge in [-0.15, -0.1) is 0 Å². The van der Waals surface area contributed by atoms with Gasteiger partial charge in [-0.2, -0.15) is 0 Å². The number of carbonyl (C=O) groups is 1. The van der Waals surface area contributed by atoms with Gasteiger partial charge in [0.1, 0.15) is 0 Å². The van der Waals surface area contributed by atoms with Gasteiger partial charge in [0.05, 0.1) is 10.5 Å². The molecule has 1 aromatic carbocycles. The zero-order valence-corrected chi connectivity index (χ0v) is 14.5. The fraction of sp³-hybridized carbons (Fsp3) is 0.533. The zero-order valence-electron chi connectivity index (χ0n) is 12.9. The van der Waals surface area contributed by atoms with Crippen molar-refractivity contribution in [3.05, 3.63) is 29.3 Å². The molecule has 1 rings (SSSR count). The molecule has 0 saturated carbocycles. The van der Waals surface area contributed by atoms with Gasteiger partial charge >= 0.3 is 0 Å². The molecule has 1 unspecified atom stereocenters. The maximum Gasteiger partial charge on any atom is 0.262 e. The minimum absolute atomic E-state index is 0.123. The van der Waals surface area contributed by atoms with Crippen molar-refractivity contribution in [2.24, 2.45) is 5.92 Å². The predicted octanol–water partition coefficient (Wildman–Crippen LogP) is 3.43. The van der Waals surface area contributed by atoms with Crippen molar-refractivity contribution in [2.75, 3.05) is 13.1 Å². The Morgan fingerprint density at radius 1 is 1.33 bits per heavy atom. The summed E-state index contributed by atoms with van der Waals surface area (Å²) in [7, 11) is 1.50. The lowest BCUT2D eigenvalue weighted by molar-refractivity contribution is 0.0737. The van der Waals surface area contributed by atoms with Crippen LogP contribution in [0.25, 0.3) is 0 Å². The van der Waals surface area contributed by atoms with E-state index >= 15 is 0 Å². The Kier molecular flexibility index (Phi) is 6.23. The Bertz CT molecular complexity index is 613. The Morgan fingerprint density at radius 2 is 1.95 bits per heavy atom. The Morgan fingerprint density at radius 3 is 2.43 bits per heavy atom. The number of aryl methyl sites for hydroxylation is 1. The molecule has 0 bridgehead atoms. The molecule has 0 fully saturated rings. The first-order valence-electron chi connectivity index (χ1n) is 7.05. The molecule has 0 aliphatic carbocycles. The molecule has 118 valence electrons. The van der Waals surface area contributed by atoms with Crippen LogP contribution in [0.4, 0.5) is 0 Å². The summed E-state index contributed by atoms with van der Waals surface area (Å²) in [5, 5.41) is 0. The summed E-state index contributed by atoms with van der Waals surface area (Å²) in [6.45, 7) is 8.94. The van der Waals surface area contributed by atoms with E-state index < -0.39 is 9.05 Å². The third kappa shape index (κ3) is 4.71. The van der Waals surface area contributed by atoms with Crippen LogP contribution >= 0.6 is 10.7 Å². The largest absolute Gasteiger partial charge is 0.339 e. The highest BCUT2D eigenvalue weighted by molar-refractivity contribution is 8.13. The van der Waals surface area contributed by atoms with Crippen LogP contribution in [-0.2, 0) is 9.05 Å². The van der Waals surface area contributed by atoms with E-state index in [4.69, 9.17) is 10.7 Å². The van der Waals surface area contributed by atoms with Crippen LogP contribution in [0.1, 0.15) is 43.1 Å². The molecule has 0 N–H and O–H groups in total. The number of halogens is 1. The summed E-state index contributed by atoms with van der Waals surface area (Å²) in [6.07, 6.45) is 0.957. The van der Waals surface area contributed by atoms with Crippen molar-refractivity contribution in [1.29, 1.82) is 0 Å². The zero-order chi connectivity index (χ0) is 16.2. The number of hydrogen-bond donors (Lipinski definition) is 0. The van der Waals surface area contributed by atoms with Crippen LogP contribution in [0.5, 0.6) is 0 Å². The lowest BCUT2D eigenvalue weighted by Gasteiger charge is -2.25. The second-order valence-corrected chi connectivity index (χ2v) is 7.83. The first-order valence-corrected chi connectivity index (χ1v) is 9.36. The molecule has 0 saturated heterocycles. The van der Waals surface area contributed by atoms with Gasteiger partial charge in [-0.25, -0.2) is 8.42 Å². The van der Waals surface area contributed by atoms with Crippen molar-refractivity contribution >= 4 is 25.6 Å². The van der Waals surface area contributed by atoms with Gasteiger partial charge in [0, 0.05) is 23.8 Å². The smallest absolute Gasteiger partial charge is 0.262 e. The van der Waals surface area contributed by atoms with E-state index in [1.807, 2.05) is 13.8 Å². The van der Waals surface area contributed by atoms with E-state index in [1.54, 1.807) is 17.0 Å². The average molecular weight is 332 g/mol. The molecule has 0 aromatic heterocycles. The van der Waals surface area contributed by atoms with Gasteiger partial charge in [-0.3, -0.25) is 4.79 Å². The highest BCUT2D eigenvalue weighted by atomic mass is 35.7. The van der Waals surface area contributed by atoms with E-state index in [1.165, 1.54) is 6.07 Å². The van der Waals surface area contributed by atoms with Crippen LogP contribution in [-0.4, -0.2) is 32.3 Å². The number of benzene rings is 1. The molecule has 0 heterocycles. The van der Waals surface area contributed by atoms with Gasteiger partial charge in [0.15, 0.2) is 0 Å². The lowest BCUT2D eigenvalue weighted by Crippen LogP contribution is -2.35. The third-order valence-corrected chi connectivity index (χ3v) is 4.91. The summed E-state index contributed by atoms with van der Waals surface area (Å²) in [5.41, 5.74) is 0.970. The van der Waals surface area contributed by atoms with E-state index in [0.717, 1.165) is 12.0 Å². The Labute approximate surface area is 131 Å². The lowest BCUT2D eigenvalue weighted by atomic mass is 10.1. The van der Waals surface area contributed by atoms with Crippen molar-refractivity contribution in [2.45, 2.75) is 39.0 Å². The van der Waals surface area contributed by atoms with E-state index in [9.17, 15) is 13.2 Å². The van der Waals surface area contributed by atoms with Crippen LogP contribution in [0, 0.1) is 12.8 Å². The predicted molar refractivity (Wildman–Crippen MR) is 85.3 cm³/mol. The topological polar surface area (TPSA) is 54.5 Å². The summed E-state index contributed by atoms with van der Waals surface area (Å²) >= 11 is 0. The first kappa shape index (κ1) is 18.0. The van der Waals surface area contributed by atoms with E-state index in [-0.39, 0.29) is 16.4 Å². The fourth-order valence-corrected chi connectivity index (χ4v) is 3.10. The monoisotopic (exact) mass is 331 g/mol. The first-order chi connectivity index (χ1) is 9.70. The van der Waals surface area contributed by atoms with Crippen molar-refractivity contribution < 1.29 is 13.2 Å². The van der Waals surface area contributed by atoms with Crippen LogP contribution in [0.2, 0.25) is 0 Å². The summed E-state index contributed by atoms with van der Waals surface area (Å²) in [4.78, 5) is 14.2. The van der Waals surface area contributed by atoms with Gasteiger partial charge in [-0.1, -0.05) is 31.9 Å². The maximum atomic E-state index is 12.6. The molecule has 21 heavy (non-hydrogen) atoms. The molecule has 1 amide bonds. The molecular weight excluding hydrogens is 310 g/mol. The summed E-state index contributed by atoms with van der Waals surface area (Å²) < 4.78 is 23.3. The molecule has 0 aliphatic heterocycles. The number of nitrogens with zero attached hydrogens (tertiary/aromatic N) is 1. The Balaban J connectivity index is 3.25. The molecule has 0 radical (unpaired) electrons. The average Bonchev–Trinajstić information content (AvgIpc) is 2.42. The van der Waals surface area contributed by atoms with Gasteiger partial charge in [0.25, 0.3) is 15.0 Å². The van der Waals surface area contributed by atoms with E-state index in [0.29, 0.717) is 19.0 Å². The fourth-order valence-electron chi connectivity index (χ4n) is 2.05. The standard InChI is InChI=1S/C15H22ClNO3S/c1-5-11(3)10-17(6-2)15(18)13-9-12(4)7-8-14(13)21(16,19)20/h7-9,11H,5-6,10H2,1-4H3. The number of hydrogen-bond acceptors (Lipinski definition) is 3. The van der Waals surface area contributed by atoms with Crippen LogP contribution in [0.15, 0.2) is 23.1 Å². The molecule has 6 heteroatoms. The van der Waals surface area contributed by atoms with Crippen molar-refractivity contribution in [3.8, 4) is 0 Å². The molecule has 0 spiro atoms. The van der Waals surface area contributed by atoms with Gasteiger partial charge < -0.3 is 4.90 Å².